The summed E-state index contributed by atoms with van der Waals surface area (Å²) in [5.41, 5.74) is 3.33. The van der Waals surface area contributed by atoms with Gasteiger partial charge in [0.2, 0.25) is 0 Å². The number of halogens is 1. The van der Waals surface area contributed by atoms with E-state index in [1.165, 1.54) is 33.5 Å². The van der Waals surface area contributed by atoms with Crippen molar-refractivity contribution < 1.29 is 13.2 Å². The summed E-state index contributed by atoms with van der Waals surface area (Å²) in [7, 11) is -3.88. The van der Waals surface area contributed by atoms with Crippen LogP contribution in [-0.4, -0.2) is 37.5 Å². The molecule has 0 radical (unpaired) electrons. The first-order valence-electron chi connectivity index (χ1n) is 13.3. The number of hydrogen-bond donors (Lipinski definition) is 1. The number of carbonyl (C=O) groups is 1. The highest BCUT2D eigenvalue weighted by atomic mass is 35.5. The number of nitrogens with zero attached hydrogens (tertiary/aromatic N) is 5. The fourth-order valence-corrected chi connectivity index (χ4v) is 7.86. The number of thiazole rings is 1. The van der Waals surface area contributed by atoms with E-state index in [9.17, 15) is 13.2 Å². The molecule has 13 heteroatoms. The molecular weight excluding hydrogens is 636 g/mol. The quantitative estimate of drug-likeness (QED) is 0.171. The van der Waals surface area contributed by atoms with Crippen LogP contribution >= 0.6 is 34.9 Å². The van der Waals surface area contributed by atoms with E-state index in [1.807, 2.05) is 48.5 Å². The van der Waals surface area contributed by atoms with Crippen molar-refractivity contribution in [3.8, 4) is 11.1 Å². The monoisotopic (exact) mass is 656 g/mol. The predicted octanol–water partition coefficient (Wildman–Crippen LogP) is 7.29. The second kappa shape index (κ2) is 11.5. The Hall–Kier alpha value is -4.49. The lowest BCUT2D eigenvalue weighted by Gasteiger charge is -2.12. The van der Waals surface area contributed by atoms with Crippen LogP contribution in [0.4, 0.5) is 5.69 Å². The second-order valence-corrected chi connectivity index (χ2v) is 13.6. The zero-order valence-corrected chi connectivity index (χ0v) is 25.9. The number of amides is 1. The molecule has 0 aliphatic rings. The normalized spacial score (nSPS) is 11.8. The number of benzene rings is 3. The molecule has 0 unspecified atom stereocenters. The standard InChI is InChI=1S/C31H21ClN6O3S3/c32-17-29-35-27(19-42-29)31(39)36-26-15-20(16-28-25(26)18-34-38(28)43-21-7-3-1-4-8-21)23-11-13-33-30-24(23)12-14-37(30)44(40,41)22-9-5-2-6-10-22/h1-16,18-19H,17H2,(H,36,39). The molecule has 7 rings (SSSR count). The number of carbonyl (C=O) groups excluding carboxylic acids is 1. The van der Waals surface area contributed by atoms with Crippen molar-refractivity contribution in [2.75, 3.05) is 5.32 Å². The molecule has 0 fully saturated rings. The number of hydrogen-bond acceptors (Lipinski definition) is 8. The van der Waals surface area contributed by atoms with Crippen LogP contribution in [0.3, 0.4) is 0 Å². The lowest BCUT2D eigenvalue weighted by atomic mass is 10.0. The third-order valence-corrected chi connectivity index (χ3v) is 10.8. The SMILES string of the molecule is O=C(Nc1cc(-c2ccnc3c2ccn3S(=O)(=O)c2ccccc2)cc2c1cnn2Sc1ccccc1)c1csc(CCl)n1. The van der Waals surface area contributed by atoms with Gasteiger partial charge in [-0.05, 0) is 59.7 Å². The zero-order chi connectivity index (χ0) is 30.3. The van der Waals surface area contributed by atoms with Gasteiger partial charge in [0.1, 0.15) is 10.7 Å². The predicted molar refractivity (Wildman–Crippen MR) is 175 cm³/mol. The van der Waals surface area contributed by atoms with E-state index < -0.39 is 10.0 Å². The highest BCUT2D eigenvalue weighted by Gasteiger charge is 2.22. The van der Waals surface area contributed by atoms with Crippen LogP contribution in [0, 0.1) is 0 Å². The molecule has 3 aromatic carbocycles. The minimum absolute atomic E-state index is 0.164. The van der Waals surface area contributed by atoms with E-state index >= 15 is 0 Å². The summed E-state index contributed by atoms with van der Waals surface area (Å²) >= 11 is 8.67. The molecule has 1 N–H and O–H groups in total. The minimum Gasteiger partial charge on any atom is -0.320 e. The van der Waals surface area contributed by atoms with Gasteiger partial charge >= 0.3 is 0 Å². The van der Waals surface area contributed by atoms with Crippen LogP contribution in [0.5, 0.6) is 0 Å². The molecule has 4 aromatic heterocycles. The minimum atomic E-state index is -3.88. The van der Waals surface area contributed by atoms with Gasteiger partial charge in [-0.25, -0.2) is 26.4 Å². The molecule has 9 nitrogen and oxygen atoms in total. The largest absolute Gasteiger partial charge is 0.320 e. The maximum atomic E-state index is 13.5. The van der Waals surface area contributed by atoms with Gasteiger partial charge in [0.25, 0.3) is 15.9 Å². The Labute approximate surface area is 265 Å². The molecule has 7 aromatic rings. The first-order chi connectivity index (χ1) is 21.4. The van der Waals surface area contributed by atoms with Gasteiger partial charge in [0.05, 0.1) is 28.2 Å². The first-order valence-corrected chi connectivity index (χ1v) is 16.9. The van der Waals surface area contributed by atoms with E-state index in [1.54, 1.807) is 58.3 Å². The Kier molecular flexibility index (Phi) is 7.42. The number of fused-ring (bicyclic) bond motifs is 2. The van der Waals surface area contributed by atoms with Gasteiger partial charge in [0, 0.05) is 45.4 Å². The van der Waals surface area contributed by atoms with Gasteiger partial charge in [-0.3, -0.25) is 4.79 Å². The van der Waals surface area contributed by atoms with Crippen LogP contribution in [-0.2, 0) is 15.9 Å². The smallest absolute Gasteiger partial charge is 0.275 e. The van der Waals surface area contributed by atoms with Crippen LogP contribution in [0.15, 0.2) is 119 Å². The second-order valence-electron chi connectivity index (χ2n) is 9.62. The Morgan fingerprint density at radius 3 is 2.50 bits per heavy atom. The van der Waals surface area contributed by atoms with Gasteiger partial charge in [-0.15, -0.1) is 22.9 Å². The average Bonchev–Trinajstić information content (AvgIpc) is 3.81. The number of anilines is 1. The van der Waals surface area contributed by atoms with Crippen LogP contribution in [0.25, 0.3) is 33.1 Å². The van der Waals surface area contributed by atoms with E-state index in [0.717, 1.165) is 26.9 Å². The van der Waals surface area contributed by atoms with E-state index in [4.69, 9.17) is 11.6 Å². The number of nitrogens with one attached hydrogen (secondary N) is 1. The lowest BCUT2D eigenvalue weighted by Crippen LogP contribution is -2.13. The van der Waals surface area contributed by atoms with Gasteiger partial charge in [-0.1, -0.05) is 36.4 Å². The highest BCUT2D eigenvalue weighted by molar-refractivity contribution is 7.98. The fraction of sp³-hybridized carbons (Fsp3) is 0.0323. The number of alkyl halides is 1. The van der Waals surface area contributed by atoms with Crippen molar-refractivity contribution in [2.45, 2.75) is 15.7 Å². The summed E-state index contributed by atoms with van der Waals surface area (Å²) in [5, 5.41) is 11.3. The molecule has 0 aliphatic heterocycles. The molecule has 0 aliphatic carbocycles. The van der Waals surface area contributed by atoms with Crippen molar-refractivity contribution in [3.63, 3.8) is 0 Å². The van der Waals surface area contributed by atoms with E-state index in [2.05, 4.69) is 20.4 Å². The van der Waals surface area contributed by atoms with Gasteiger partial charge in [-0.2, -0.15) is 5.10 Å². The molecule has 0 atom stereocenters. The molecule has 0 saturated heterocycles. The van der Waals surface area contributed by atoms with Crippen molar-refractivity contribution >= 4 is 78.4 Å². The van der Waals surface area contributed by atoms with Gasteiger partial charge in [0.15, 0.2) is 5.65 Å². The highest BCUT2D eigenvalue weighted by Crippen LogP contribution is 2.37. The van der Waals surface area contributed by atoms with Crippen LogP contribution in [0.2, 0.25) is 0 Å². The van der Waals surface area contributed by atoms with Crippen molar-refractivity contribution in [1.82, 2.24) is 23.1 Å². The molecule has 1 amide bonds. The van der Waals surface area contributed by atoms with E-state index in [-0.39, 0.29) is 22.4 Å². The van der Waals surface area contributed by atoms with Crippen LogP contribution in [0.1, 0.15) is 15.5 Å². The van der Waals surface area contributed by atoms with Crippen molar-refractivity contribution in [3.05, 3.63) is 120 Å². The molecule has 218 valence electrons. The molecule has 0 spiro atoms. The average molecular weight is 657 g/mol. The summed E-state index contributed by atoms with van der Waals surface area (Å²) < 4.78 is 30.0. The Morgan fingerprint density at radius 2 is 1.75 bits per heavy atom. The molecular formula is C31H21ClN6O3S3. The fourth-order valence-electron chi connectivity index (χ4n) is 4.85. The van der Waals surface area contributed by atoms with Crippen LogP contribution < -0.4 is 5.32 Å². The molecule has 44 heavy (non-hydrogen) atoms. The number of aromatic nitrogens is 5. The van der Waals surface area contributed by atoms with E-state index in [0.29, 0.717) is 21.7 Å². The zero-order valence-electron chi connectivity index (χ0n) is 22.7. The maximum absolute atomic E-state index is 13.5. The molecule has 4 heterocycles. The number of rotatable bonds is 8. The Morgan fingerprint density at radius 1 is 0.977 bits per heavy atom. The first kappa shape index (κ1) is 28.3. The van der Waals surface area contributed by atoms with Crippen molar-refractivity contribution in [1.29, 1.82) is 0 Å². The molecule has 0 saturated carbocycles. The topological polar surface area (TPSA) is 112 Å². The van der Waals surface area contributed by atoms with Gasteiger partial charge < -0.3 is 5.32 Å². The summed E-state index contributed by atoms with van der Waals surface area (Å²) in [4.78, 5) is 23.2. The summed E-state index contributed by atoms with van der Waals surface area (Å²) in [6.07, 6.45) is 4.80. The maximum Gasteiger partial charge on any atom is 0.275 e. The van der Waals surface area contributed by atoms with Crippen molar-refractivity contribution in [2.24, 2.45) is 0 Å². The lowest BCUT2D eigenvalue weighted by molar-refractivity contribution is 0.102. The third-order valence-electron chi connectivity index (χ3n) is 6.90. The molecule has 0 bridgehead atoms. The summed E-state index contributed by atoms with van der Waals surface area (Å²) in [6, 6.07) is 25.5. The summed E-state index contributed by atoms with van der Waals surface area (Å²) in [6.45, 7) is 0. The number of pyridine rings is 1. The Bertz CT molecular complexity index is 2270. The Balaban J connectivity index is 1.37. The third kappa shape index (κ3) is 5.15. The summed E-state index contributed by atoms with van der Waals surface area (Å²) in [5.74, 6) is -0.154.